The lowest BCUT2D eigenvalue weighted by Crippen LogP contribution is -2.38. The van der Waals surface area contributed by atoms with E-state index < -0.39 is 0 Å². The van der Waals surface area contributed by atoms with Gasteiger partial charge in [-0.05, 0) is 18.9 Å². The van der Waals surface area contributed by atoms with Gasteiger partial charge >= 0.3 is 6.03 Å². The number of halogens is 1. The molecule has 1 fully saturated rings. The second-order valence-electron chi connectivity index (χ2n) is 5.39. The summed E-state index contributed by atoms with van der Waals surface area (Å²) in [7, 11) is 1.63. The van der Waals surface area contributed by atoms with E-state index in [2.05, 4.69) is 5.32 Å². The molecule has 1 atom stereocenters. The summed E-state index contributed by atoms with van der Waals surface area (Å²) < 4.78 is 24.4. The van der Waals surface area contributed by atoms with Gasteiger partial charge in [0.15, 0.2) is 0 Å². The quantitative estimate of drug-likeness (QED) is 0.785. The molecule has 6 heteroatoms. The maximum absolute atomic E-state index is 13.5. The normalized spacial score (nSPS) is 17.5. The minimum absolute atomic E-state index is 0.194. The Morgan fingerprint density at radius 3 is 3.05 bits per heavy atom. The fourth-order valence-corrected chi connectivity index (χ4v) is 2.31. The maximum atomic E-state index is 13.5. The van der Waals surface area contributed by atoms with E-state index in [0.29, 0.717) is 25.3 Å². The lowest BCUT2D eigenvalue weighted by Gasteiger charge is -2.18. The molecule has 1 unspecified atom stereocenters. The summed E-state index contributed by atoms with van der Waals surface area (Å²) in [6.45, 7) is 2.48. The Morgan fingerprint density at radius 2 is 2.32 bits per heavy atom. The number of hydrogen-bond acceptors (Lipinski definition) is 3. The van der Waals surface area contributed by atoms with E-state index >= 15 is 0 Å². The highest BCUT2D eigenvalue weighted by atomic mass is 19.1. The third kappa shape index (κ3) is 5.27. The lowest BCUT2D eigenvalue weighted by atomic mass is 10.2. The molecule has 1 aliphatic heterocycles. The van der Waals surface area contributed by atoms with Crippen LogP contribution in [0.5, 0.6) is 0 Å². The summed E-state index contributed by atoms with van der Waals surface area (Å²) in [4.78, 5) is 13.3. The molecule has 2 rings (SSSR count). The number of benzene rings is 1. The molecular formula is C16H23FN2O3. The van der Waals surface area contributed by atoms with Crippen LogP contribution >= 0.6 is 0 Å². The van der Waals surface area contributed by atoms with Crippen molar-refractivity contribution in [2.45, 2.75) is 25.5 Å². The first kappa shape index (κ1) is 16.7. The molecule has 0 aromatic heterocycles. The molecule has 1 aromatic rings. The van der Waals surface area contributed by atoms with E-state index in [4.69, 9.17) is 9.47 Å². The Balaban J connectivity index is 1.61. The number of rotatable bonds is 7. The van der Waals surface area contributed by atoms with Crippen LogP contribution in [0.4, 0.5) is 9.18 Å². The van der Waals surface area contributed by atoms with Gasteiger partial charge in [-0.3, -0.25) is 0 Å². The Hall–Kier alpha value is -1.66. The molecule has 0 radical (unpaired) electrons. The number of carbonyl (C=O) groups is 1. The Labute approximate surface area is 130 Å². The van der Waals surface area contributed by atoms with E-state index in [9.17, 15) is 9.18 Å². The predicted octanol–water partition coefficient (Wildman–Crippen LogP) is 2.16. The standard InChI is InChI=1S/C16H23FN2O3/c1-19(11-13-5-2-3-7-15(13)17)16(20)18-8-10-21-12-14-6-4-9-22-14/h2-3,5,7,14H,4,6,8-12H2,1H3,(H,18,20). The molecule has 2 amide bonds. The highest BCUT2D eigenvalue weighted by Gasteiger charge is 2.15. The first-order chi connectivity index (χ1) is 10.7. The maximum Gasteiger partial charge on any atom is 0.317 e. The largest absolute Gasteiger partial charge is 0.377 e. The summed E-state index contributed by atoms with van der Waals surface area (Å²) in [5, 5.41) is 2.75. The van der Waals surface area contributed by atoms with Crippen LogP contribution in [0.3, 0.4) is 0 Å². The van der Waals surface area contributed by atoms with Crippen molar-refractivity contribution >= 4 is 6.03 Å². The predicted molar refractivity (Wildman–Crippen MR) is 81.1 cm³/mol. The van der Waals surface area contributed by atoms with Gasteiger partial charge < -0.3 is 19.7 Å². The number of urea groups is 1. The molecule has 0 spiro atoms. The first-order valence-corrected chi connectivity index (χ1v) is 7.58. The Kier molecular flexibility index (Phi) is 6.61. The molecule has 1 heterocycles. The van der Waals surface area contributed by atoms with Gasteiger partial charge in [0.05, 0.1) is 19.3 Å². The van der Waals surface area contributed by atoms with Crippen molar-refractivity contribution in [1.29, 1.82) is 0 Å². The smallest absolute Gasteiger partial charge is 0.317 e. The van der Waals surface area contributed by atoms with Crippen LogP contribution in [-0.2, 0) is 16.0 Å². The van der Waals surface area contributed by atoms with Crippen molar-refractivity contribution in [2.75, 3.05) is 33.4 Å². The molecule has 1 N–H and O–H groups in total. The Morgan fingerprint density at radius 1 is 1.50 bits per heavy atom. The third-order valence-corrected chi connectivity index (χ3v) is 3.56. The number of amides is 2. The minimum Gasteiger partial charge on any atom is -0.377 e. The summed E-state index contributed by atoms with van der Waals surface area (Å²) >= 11 is 0. The number of hydrogen-bond donors (Lipinski definition) is 1. The van der Waals surface area contributed by atoms with Gasteiger partial charge in [-0.1, -0.05) is 18.2 Å². The van der Waals surface area contributed by atoms with Gasteiger partial charge in [0, 0.05) is 32.3 Å². The molecule has 22 heavy (non-hydrogen) atoms. The molecule has 0 saturated carbocycles. The van der Waals surface area contributed by atoms with Gasteiger partial charge in [0.1, 0.15) is 5.82 Å². The number of ether oxygens (including phenoxy) is 2. The van der Waals surface area contributed by atoms with Crippen molar-refractivity contribution in [3.05, 3.63) is 35.6 Å². The monoisotopic (exact) mass is 310 g/mol. The number of nitrogens with zero attached hydrogens (tertiary/aromatic N) is 1. The second kappa shape index (κ2) is 8.70. The zero-order chi connectivity index (χ0) is 15.8. The molecular weight excluding hydrogens is 287 g/mol. The fourth-order valence-electron chi connectivity index (χ4n) is 2.31. The van der Waals surface area contributed by atoms with Gasteiger partial charge in [-0.15, -0.1) is 0 Å². The van der Waals surface area contributed by atoms with E-state index in [1.165, 1.54) is 11.0 Å². The topological polar surface area (TPSA) is 50.8 Å². The number of carbonyl (C=O) groups excluding carboxylic acids is 1. The molecule has 1 aliphatic rings. The molecule has 122 valence electrons. The van der Waals surface area contributed by atoms with Gasteiger partial charge in [0.25, 0.3) is 0 Å². The van der Waals surface area contributed by atoms with E-state index in [0.717, 1.165) is 19.4 Å². The van der Waals surface area contributed by atoms with E-state index in [1.54, 1.807) is 25.2 Å². The van der Waals surface area contributed by atoms with Crippen molar-refractivity contribution < 1.29 is 18.7 Å². The second-order valence-corrected chi connectivity index (χ2v) is 5.39. The summed E-state index contributed by atoms with van der Waals surface area (Å²) in [5.41, 5.74) is 0.495. The van der Waals surface area contributed by atoms with Gasteiger partial charge in [0.2, 0.25) is 0 Å². The van der Waals surface area contributed by atoms with Crippen LogP contribution < -0.4 is 5.32 Å². The number of nitrogens with one attached hydrogen (secondary N) is 1. The minimum atomic E-state index is -0.304. The van der Waals surface area contributed by atoms with E-state index in [1.807, 2.05) is 0 Å². The molecule has 5 nitrogen and oxygen atoms in total. The van der Waals surface area contributed by atoms with Crippen molar-refractivity contribution in [1.82, 2.24) is 10.2 Å². The van der Waals surface area contributed by atoms with Crippen LogP contribution in [0.1, 0.15) is 18.4 Å². The Bertz CT molecular complexity index is 478. The van der Waals surface area contributed by atoms with Crippen LogP contribution in [0.2, 0.25) is 0 Å². The van der Waals surface area contributed by atoms with Crippen LogP contribution in [0, 0.1) is 5.82 Å². The molecule has 1 aromatic carbocycles. The lowest BCUT2D eigenvalue weighted by molar-refractivity contribution is 0.0186. The van der Waals surface area contributed by atoms with Gasteiger partial charge in [-0.25, -0.2) is 9.18 Å². The summed E-state index contributed by atoms with van der Waals surface area (Å²) in [5.74, 6) is -0.304. The SMILES string of the molecule is CN(Cc1ccccc1F)C(=O)NCCOCC1CCCO1. The summed E-state index contributed by atoms with van der Waals surface area (Å²) in [6, 6.07) is 6.20. The zero-order valence-corrected chi connectivity index (χ0v) is 12.9. The average molecular weight is 310 g/mol. The summed E-state index contributed by atoms with van der Waals surface area (Å²) in [6.07, 6.45) is 2.32. The third-order valence-electron chi connectivity index (χ3n) is 3.56. The van der Waals surface area contributed by atoms with Crippen molar-refractivity contribution in [3.8, 4) is 0 Å². The average Bonchev–Trinajstić information content (AvgIpc) is 3.02. The van der Waals surface area contributed by atoms with Gasteiger partial charge in [-0.2, -0.15) is 0 Å². The highest BCUT2D eigenvalue weighted by Crippen LogP contribution is 2.11. The molecule has 0 bridgehead atoms. The molecule has 1 saturated heterocycles. The highest BCUT2D eigenvalue weighted by molar-refractivity contribution is 5.73. The first-order valence-electron chi connectivity index (χ1n) is 7.58. The molecule has 0 aliphatic carbocycles. The van der Waals surface area contributed by atoms with Crippen molar-refractivity contribution in [2.24, 2.45) is 0 Å². The van der Waals surface area contributed by atoms with Crippen LogP contribution in [0.25, 0.3) is 0 Å². The zero-order valence-electron chi connectivity index (χ0n) is 12.9. The fraction of sp³-hybridized carbons (Fsp3) is 0.562. The van der Waals surface area contributed by atoms with Crippen LogP contribution in [-0.4, -0.2) is 50.4 Å². The van der Waals surface area contributed by atoms with Crippen molar-refractivity contribution in [3.63, 3.8) is 0 Å². The van der Waals surface area contributed by atoms with E-state index in [-0.39, 0.29) is 24.5 Å². The van der Waals surface area contributed by atoms with Crippen LogP contribution in [0.15, 0.2) is 24.3 Å².